The lowest BCUT2D eigenvalue weighted by atomic mass is 10.3. The Morgan fingerprint density at radius 2 is 2.00 bits per heavy atom. The maximum atomic E-state index is 12.2. The monoisotopic (exact) mass is 370 g/mol. The minimum Gasteiger partial charge on any atom is -0.354 e. The van der Waals surface area contributed by atoms with Gasteiger partial charge >= 0.3 is 0 Å². The van der Waals surface area contributed by atoms with Crippen LogP contribution in [0.15, 0.2) is 24.4 Å². The summed E-state index contributed by atoms with van der Waals surface area (Å²) < 4.78 is 0.873. The quantitative estimate of drug-likeness (QED) is 0.898. The highest BCUT2D eigenvalue weighted by Gasteiger charge is 2.16. The fourth-order valence-electron chi connectivity index (χ4n) is 2.38. The van der Waals surface area contributed by atoms with Gasteiger partial charge in [0.2, 0.25) is 0 Å². The molecule has 1 saturated heterocycles. The first-order chi connectivity index (χ1) is 11.0. The van der Waals surface area contributed by atoms with Crippen LogP contribution in [0.4, 0.5) is 11.5 Å². The molecule has 122 valence electrons. The van der Waals surface area contributed by atoms with E-state index in [0.29, 0.717) is 19.9 Å². The number of anilines is 2. The summed E-state index contributed by atoms with van der Waals surface area (Å²) >= 11 is 13.0. The van der Waals surface area contributed by atoms with E-state index in [-0.39, 0.29) is 5.91 Å². The molecular formula is C15H16Cl2N4OS. The summed E-state index contributed by atoms with van der Waals surface area (Å²) in [7, 11) is 2.12. The molecule has 1 aliphatic rings. The molecule has 5 nitrogen and oxygen atoms in total. The lowest BCUT2D eigenvalue weighted by Crippen LogP contribution is -2.44. The third kappa shape index (κ3) is 3.95. The van der Waals surface area contributed by atoms with Gasteiger partial charge < -0.3 is 15.1 Å². The van der Waals surface area contributed by atoms with Crippen molar-refractivity contribution in [1.29, 1.82) is 0 Å². The van der Waals surface area contributed by atoms with E-state index >= 15 is 0 Å². The van der Waals surface area contributed by atoms with Crippen molar-refractivity contribution in [2.24, 2.45) is 0 Å². The number of amides is 1. The van der Waals surface area contributed by atoms with Crippen LogP contribution >= 0.6 is 34.5 Å². The molecule has 2 aromatic heterocycles. The number of nitrogens with zero attached hydrogens (tertiary/aromatic N) is 3. The fourth-order valence-corrected chi connectivity index (χ4v) is 3.83. The number of hydrogen-bond donors (Lipinski definition) is 1. The average molecular weight is 371 g/mol. The van der Waals surface area contributed by atoms with Gasteiger partial charge in [0, 0.05) is 26.2 Å². The minimum atomic E-state index is -0.285. The van der Waals surface area contributed by atoms with E-state index in [2.05, 4.69) is 27.1 Å². The van der Waals surface area contributed by atoms with Gasteiger partial charge in [0.25, 0.3) is 5.91 Å². The van der Waals surface area contributed by atoms with Crippen LogP contribution in [0, 0.1) is 0 Å². The van der Waals surface area contributed by atoms with Crippen molar-refractivity contribution in [1.82, 2.24) is 9.88 Å². The van der Waals surface area contributed by atoms with E-state index in [1.165, 1.54) is 11.3 Å². The largest absolute Gasteiger partial charge is 0.354 e. The molecule has 3 rings (SSSR count). The second-order valence-electron chi connectivity index (χ2n) is 5.39. The Hall–Kier alpha value is -1.34. The van der Waals surface area contributed by atoms with E-state index in [0.717, 1.165) is 32.0 Å². The third-order valence-electron chi connectivity index (χ3n) is 3.73. The number of aromatic nitrogens is 1. The number of carbonyl (C=O) groups is 1. The zero-order valence-corrected chi connectivity index (χ0v) is 14.9. The molecule has 0 radical (unpaired) electrons. The first-order valence-corrected chi connectivity index (χ1v) is 8.76. The molecule has 3 heterocycles. The zero-order valence-electron chi connectivity index (χ0n) is 12.6. The molecule has 0 aromatic carbocycles. The number of rotatable bonds is 3. The summed E-state index contributed by atoms with van der Waals surface area (Å²) in [6.45, 7) is 3.96. The van der Waals surface area contributed by atoms with Gasteiger partial charge in [-0.25, -0.2) is 4.98 Å². The first-order valence-electron chi connectivity index (χ1n) is 7.18. The van der Waals surface area contributed by atoms with Crippen LogP contribution in [0.3, 0.4) is 0 Å². The van der Waals surface area contributed by atoms with Gasteiger partial charge in [0.05, 0.1) is 21.8 Å². The molecule has 1 N–H and O–H groups in total. The highest BCUT2D eigenvalue weighted by molar-refractivity contribution is 7.20. The Morgan fingerprint density at radius 3 is 2.57 bits per heavy atom. The normalized spacial score (nSPS) is 15.7. The summed E-state index contributed by atoms with van der Waals surface area (Å²) in [4.78, 5) is 21.1. The lowest BCUT2D eigenvalue weighted by molar-refractivity contribution is 0.102. The maximum Gasteiger partial charge on any atom is 0.258 e. The highest BCUT2D eigenvalue weighted by atomic mass is 35.5. The van der Waals surface area contributed by atoms with Crippen molar-refractivity contribution < 1.29 is 4.79 Å². The molecule has 8 heteroatoms. The number of halogens is 2. The summed E-state index contributed by atoms with van der Waals surface area (Å²) in [6.07, 6.45) is 1.66. The summed E-state index contributed by atoms with van der Waals surface area (Å²) in [5.41, 5.74) is 1.01. The number of piperazine rings is 1. The van der Waals surface area contributed by atoms with E-state index in [1.54, 1.807) is 12.3 Å². The SMILES string of the molecule is CN1CCN(c2ccc(NC(=O)c3cc(Cl)sc3Cl)cn2)CC1. The predicted molar refractivity (Wildman–Crippen MR) is 96.2 cm³/mol. The van der Waals surface area contributed by atoms with Crippen LogP contribution in [0.25, 0.3) is 0 Å². The standard InChI is InChI=1S/C15H16Cl2N4OS/c1-20-4-6-21(7-5-20)13-3-2-10(9-18-13)19-15(22)11-8-12(16)23-14(11)17/h2-3,8-9H,4-7H2,1H3,(H,19,22). The van der Waals surface area contributed by atoms with Gasteiger partial charge in [0.1, 0.15) is 10.2 Å². The van der Waals surface area contributed by atoms with Crippen molar-refractivity contribution in [2.45, 2.75) is 0 Å². The van der Waals surface area contributed by atoms with Crippen molar-refractivity contribution in [3.63, 3.8) is 0 Å². The molecule has 0 saturated carbocycles. The van der Waals surface area contributed by atoms with Crippen molar-refractivity contribution in [3.8, 4) is 0 Å². The van der Waals surface area contributed by atoms with Crippen molar-refractivity contribution >= 4 is 52.0 Å². The van der Waals surface area contributed by atoms with E-state index < -0.39 is 0 Å². The van der Waals surface area contributed by atoms with Crippen molar-refractivity contribution in [3.05, 3.63) is 38.6 Å². The molecular weight excluding hydrogens is 355 g/mol. The maximum absolute atomic E-state index is 12.2. The van der Waals surface area contributed by atoms with Crippen molar-refractivity contribution in [2.75, 3.05) is 43.4 Å². The van der Waals surface area contributed by atoms with Gasteiger partial charge in [-0.05, 0) is 25.2 Å². The fraction of sp³-hybridized carbons (Fsp3) is 0.333. The number of likely N-dealkylation sites (N-methyl/N-ethyl adjacent to an activating group) is 1. The lowest BCUT2D eigenvalue weighted by Gasteiger charge is -2.33. The van der Waals surface area contributed by atoms with Gasteiger partial charge in [-0.15, -0.1) is 11.3 Å². The number of carbonyl (C=O) groups excluding carboxylic acids is 1. The molecule has 0 spiro atoms. The van der Waals surface area contributed by atoms with E-state index in [4.69, 9.17) is 23.2 Å². The molecule has 0 bridgehead atoms. The molecule has 0 unspecified atom stereocenters. The van der Waals surface area contributed by atoms with E-state index in [9.17, 15) is 4.79 Å². The number of pyridine rings is 1. The predicted octanol–water partition coefficient (Wildman–Crippen LogP) is 3.45. The van der Waals surface area contributed by atoms with Gasteiger partial charge in [0.15, 0.2) is 0 Å². The summed E-state index contributed by atoms with van der Waals surface area (Å²) in [6, 6.07) is 5.33. The first kappa shape index (κ1) is 16.5. The molecule has 0 aliphatic carbocycles. The number of thiophene rings is 1. The smallest absolute Gasteiger partial charge is 0.258 e. The average Bonchev–Trinajstić information content (AvgIpc) is 2.88. The third-order valence-corrected chi connectivity index (χ3v) is 5.22. The Bertz CT molecular complexity index is 696. The van der Waals surface area contributed by atoms with Crippen LogP contribution in [0.2, 0.25) is 8.67 Å². The summed E-state index contributed by atoms with van der Waals surface area (Å²) in [5, 5.41) is 2.78. The molecule has 1 aliphatic heterocycles. The Morgan fingerprint density at radius 1 is 1.26 bits per heavy atom. The van der Waals surface area contributed by atoms with Crippen LogP contribution < -0.4 is 10.2 Å². The van der Waals surface area contributed by atoms with E-state index in [1.807, 2.05) is 12.1 Å². The van der Waals surface area contributed by atoms with Gasteiger partial charge in [-0.2, -0.15) is 0 Å². The van der Waals surface area contributed by atoms with Gasteiger partial charge in [-0.3, -0.25) is 4.79 Å². The highest BCUT2D eigenvalue weighted by Crippen LogP contribution is 2.31. The van der Waals surface area contributed by atoms with Crippen LogP contribution in [0.5, 0.6) is 0 Å². The Kier molecular flexibility index (Phi) is 5.06. The van der Waals surface area contributed by atoms with Crippen LogP contribution in [-0.4, -0.2) is 49.0 Å². The molecule has 1 amide bonds. The Balaban J connectivity index is 1.65. The molecule has 2 aromatic rings. The van der Waals surface area contributed by atoms with Crippen LogP contribution in [0.1, 0.15) is 10.4 Å². The molecule has 23 heavy (non-hydrogen) atoms. The second-order valence-corrected chi connectivity index (χ2v) is 7.67. The minimum absolute atomic E-state index is 0.285. The number of hydrogen-bond acceptors (Lipinski definition) is 5. The zero-order chi connectivity index (χ0) is 16.4. The topological polar surface area (TPSA) is 48.5 Å². The second kappa shape index (κ2) is 7.05. The van der Waals surface area contributed by atoms with Gasteiger partial charge in [-0.1, -0.05) is 23.2 Å². The summed E-state index contributed by atoms with van der Waals surface area (Å²) in [5.74, 6) is 0.639. The van der Waals surface area contributed by atoms with Crippen LogP contribution in [-0.2, 0) is 0 Å². The number of nitrogens with one attached hydrogen (secondary N) is 1. The molecule has 1 fully saturated rings. The molecule has 0 atom stereocenters. The Labute approximate surface area is 148 Å².